The maximum absolute atomic E-state index is 6.23. The second-order valence-corrected chi connectivity index (χ2v) is 7.02. The van der Waals surface area contributed by atoms with Crippen LogP contribution in [0.15, 0.2) is 18.2 Å². The second-order valence-electron chi connectivity index (χ2n) is 5.95. The first-order valence-corrected chi connectivity index (χ1v) is 8.70. The van der Waals surface area contributed by atoms with Gasteiger partial charge in [0.15, 0.2) is 11.5 Å². The zero-order valence-corrected chi connectivity index (χ0v) is 13.6. The number of ether oxygens (including phenoxy) is 2. The molecule has 2 fully saturated rings. The molecule has 0 spiro atoms. The fourth-order valence-corrected chi connectivity index (χ4v) is 3.73. The van der Waals surface area contributed by atoms with E-state index in [9.17, 15) is 0 Å². The minimum absolute atomic E-state index is 0.321. The van der Waals surface area contributed by atoms with Crippen LogP contribution in [0.4, 0.5) is 0 Å². The van der Waals surface area contributed by atoms with Gasteiger partial charge in [0.05, 0.1) is 7.11 Å². The minimum atomic E-state index is 0.321. The second kappa shape index (κ2) is 6.46. The summed E-state index contributed by atoms with van der Waals surface area (Å²) in [6.45, 7) is 1.80. The van der Waals surface area contributed by atoms with Crippen LogP contribution in [0.2, 0.25) is 0 Å². The third kappa shape index (κ3) is 3.00. The van der Waals surface area contributed by atoms with Crippen molar-refractivity contribution in [1.29, 1.82) is 0 Å². The molecule has 5 heteroatoms. The third-order valence-corrected chi connectivity index (χ3v) is 5.66. The topological polar surface area (TPSA) is 47.7 Å². The van der Waals surface area contributed by atoms with Crippen LogP contribution in [0, 0.1) is 5.92 Å². The molecule has 0 amide bonds. The Labute approximate surface area is 131 Å². The molecule has 21 heavy (non-hydrogen) atoms. The van der Waals surface area contributed by atoms with Crippen LogP contribution in [0.25, 0.3) is 0 Å². The fourth-order valence-electron chi connectivity index (χ4n) is 3.17. The monoisotopic (exact) mass is 308 g/mol. The lowest BCUT2D eigenvalue weighted by atomic mass is 9.98. The number of para-hydroxylation sites is 1. The van der Waals surface area contributed by atoms with Crippen LogP contribution in [-0.2, 0) is 0 Å². The zero-order chi connectivity index (χ0) is 14.8. The predicted molar refractivity (Wildman–Crippen MR) is 87.3 cm³/mol. The van der Waals surface area contributed by atoms with Gasteiger partial charge in [-0.05, 0) is 32.0 Å². The van der Waals surface area contributed by atoms with Gasteiger partial charge in [0.1, 0.15) is 6.10 Å². The van der Waals surface area contributed by atoms with Crippen LogP contribution in [-0.4, -0.2) is 49.8 Å². The predicted octanol–water partition coefficient (Wildman–Crippen LogP) is 2.14. The molecule has 2 N–H and O–H groups in total. The maximum atomic E-state index is 6.23. The van der Waals surface area contributed by atoms with Crippen molar-refractivity contribution < 1.29 is 9.47 Å². The number of rotatable bonds is 5. The highest BCUT2D eigenvalue weighted by Gasteiger charge is 2.33. The first-order chi connectivity index (χ1) is 10.2. The zero-order valence-electron chi connectivity index (χ0n) is 12.7. The smallest absolute Gasteiger partial charge is 0.166 e. The Kier molecular flexibility index (Phi) is 4.62. The number of likely N-dealkylation sites (tertiary alicyclic amines) is 1. The van der Waals surface area contributed by atoms with Gasteiger partial charge in [0.2, 0.25) is 0 Å². The van der Waals surface area contributed by atoms with Crippen LogP contribution >= 0.6 is 11.8 Å². The quantitative estimate of drug-likeness (QED) is 0.903. The molecular formula is C16H24N2O2S. The number of hydrogen-bond donors (Lipinski definition) is 1. The van der Waals surface area contributed by atoms with E-state index in [1.807, 2.05) is 17.8 Å². The molecule has 0 aliphatic carbocycles. The van der Waals surface area contributed by atoms with Crippen LogP contribution in [0.1, 0.15) is 18.0 Å². The van der Waals surface area contributed by atoms with E-state index < -0.39 is 0 Å². The molecule has 2 heterocycles. The van der Waals surface area contributed by atoms with Crippen LogP contribution in [0.5, 0.6) is 11.5 Å². The first kappa shape index (κ1) is 15.0. The molecule has 2 aliphatic heterocycles. The molecule has 2 saturated heterocycles. The molecule has 0 saturated carbocycles. The lowest BCUT2D eigenvalue weighted by Gasteiger charge is -2.30. The van der Waals surface area contributed by atoms with Crippen molar-refractivity contribution in [1.82, 2.24) is 4.90 Å². The van der Waals surface area contributed by atoms with E-state index in [-0.39, 0.29) is 0 Å². The van der Waals surface area contributed by atoms with E-state index in [4.69, 9.17) is 15.2 Å². The summed E-state index contributed by atoms with van der Waals surface area (Å²) >= 11 is 1.93. The van der Waals surface area contributed by atoms with E-state index in [1.165, 1.54) is 5.56 Å². The highest BCUT2D eigenvalue weighted by molar-refractivity contribution is 8.00. The summed E-state index contributed by atoms with van der Waals surface area (Å²) < 4.78 is 11.8. The van der Waals surface area contributed by atoms with E-state index in [0.717, 1.165) is 42.5 Å². The van der Waals surface area contributed by atoms with E-state index >= 15 is 0 Å². The number of thioether (sulfide) groups is 1. The largest absolute Gasteiger partial charge is 0.493 e. The average molecular weight is 308 g/mol. The number of nitrogens with two attached hydrogens (primary N) is 1. The number of hydrogen-bond acceptors (Lipinski definition) is 5. The molecule has 116 valence electrons. The van der Waals surface area contributed by atoms with Gasteiger partial charge in [-0.2, -0.15) is 11.8 Å². The Hall–Kier alpha value is -0.910. The Balaban J connectivity index is 1.89. The van der Waals surface area contributed by atoms with Crippen molar-refractivity contribution in [3.8, 4) is 11.5 Å². The van der Waals surface area contributed by atoms with E-state index in [2.05, 4.69) is 24.1 Å². The summed E-state index contributed by atoms with van der Waals surface area (Å²) in [6.07, 6.45) is 1.41. The molecule has 1 aromatic carbocycles. The molecule has 3 rings (SSSR count). The van der Waals surface area contributed by atoms with E-state index in [1.54, 1.807) is 7.11 Å². The van der Waals surface area contributed by atoms with Crippen molar-refractivity contribution in [2.24, 2.45) is 11.7 Å². The summed E-state index contributed by atoms with van der Waals surface area (Å²) in [5.74, 6) is 4.49. The van der Waals surface area contributed by atoms with Gasteiger partial charge in [-0.25, -0.2) is 0 Å². The van der Waals surface area contributed by atoms with Crippen molar-refractivity contribution in [3.63, 3.8) is 0 Å². The van der Waals surface area contributed by atoms with Gasteiger partial charge in [-0.1, -0.05) is 12.1 Å². The van der Waals surface area contributed by atoms with Crippen molar-refractivity contribution in [3.05, 3.63) is 23.8 Å². The van der Waals surface area contributed by atoms with Crippen molar-refractivity contribution >= 4 is 11.8 Å². The maximum Gasteiger partial charge on any atom is 0.166 e. The van der Waals surface area contributed by atoms with Crippen molar-refractivity contribution in [2.75, 3.05) is 38.8 Å². The summed E-state index contributed by atoms with van der Waals surface area (Å²) in [5.41, 5.74) is 7.10. The Morgan fingerprint density at radius 1 is 1.38 bits per heavy atom. The van der Waals surface area contributed by atoms with Gasteiger partial charge in [0, 0.05) is 29.7 Å². The Morgan fingerprint density at radius 3 is 2.76 bits per heavy atom. The van der Waals surface area contributed by atoms with Gasteiger partial charge < -0.3 is 15.2 Å². The first-order valence-electron chi connectivity index (χ1n) is 7.54. The normalized spacial score (nSPS) is 26.6. The molecular weight excluding hydrogens is 284 g/mol. The van der Waals surface area contributed by atoms with Crippen LogP contribution < -0.4 is 15.2 Å². The van der Waals surface area contributed by atoms with Crippen LogP contribution in [0.3, 0.4) is 0 Å². The fraction of sp³-hybridized carbons (Fsp3) is 0.625. The van der Waals surface area contributed by atoms with E-state index in [0.29, 0.717) is 18.1 Å². The summed E-state index contributed by atoms with van der Waals surface area (Å²) in [7, 11) is 3.88. The lowest BCUT2D eigenvalue weighted by Crippen LogP contribution is -2.32. The van der Waals surface area contributed by atoms with Gasteiger partial charge in [-0.3, -0.25) is 4.90 Å². The molecule has 1 aromatic rings. The molecule has 0 aromatic heterocycles. The number of benzene rings is 1. The standard InChI is InChI=1S/C16H24N2O2S/c1-18-8-11(7-17)6-14(18)13-4-3-5-15(19-2)16(13)20-12-9-21-10-12/h3-5,11-12,14H,6-10,17H2,1-2H3. The third-order valence-electron chi connectivity index (χ3n) is 4.45. The SMILES string of the molecule is COc1cccc(C2CC(CN)CN2C)c1OC1CSC1. The molecule has 4 nitrogen and oxygen atoms in total. The summed E-state index contributed by atoms with van der Waals surface area (Å²) in [5, 5.41) is 0. The molecule has 2 atom stereocenters. The molecule has 2 unspecified atom stereocenters. The molecule has 0 radical (unpaired) electrons. The van der Waals surface area contributed by atoms with Gasteiger partial charge in [0.25, 0.3) is 0 Å². The highest BCUT2D eigenvalue weighted by atomic mass is 32.2. The Bertz CT molecular complexity index is 493. The highest BCUT2D eigenvalue weighted by Crippen LogP contribution is 2.43. The average Bonchev–Trinajstić information content (AvgIpc) is 2.83. The minimum Gasteiger partial charge on any atom is -0.493 e. The van der Waals surface area contributed by atoms with Gasteiger partial charge >= 0.3 is 0 Å². The Morgan fingerprint density at radius 2 is 2.19 bits per heavy atom. The molecule has 0 bridgehead atoms. The molecule has 2 aliphatic rings. The summed E-state index contributed by atoms with van der Waals surface area (Å²) in [6, 6.07) is 6.58. The van der Waals surface area contributed by atoms with Gasteiger partial charge in [-0.15, -0.1) is 0 Å². The lowest BCUT2D eigenvalue weighted by molar-refractivity contribution is 0.217. The number of nitrogens with zero attached hydrogens (tertiary/aromatic N) is 1. The summed E-state index contributed by atoms with van der Waals surface area (Å²) in [4.78, 5) is 2.38. The van der Waals surface area contributed by atoms with Crippen molar-refractivity contribution in [2.45, 2.75) is 18.6 Å². The number of methoxy groups -OCH3 is 1.